The summed E-state index contributed by atoms with van der Waals surface area (Å²) < 4.78 is 28.6. The highest BCUT2D eigenvalue weighted by atomic mass is 32.2. The minimum atomic E-state index is -3.96. The highest BCUT2D eigenvalue weighted by Gasteiger charge is 2.32. The molecule has 0 aliphatic rings. The normalized spacial score (nSPS) is 12.3. The summed E-state index contributed by atoms with van der Waals surface area (Å²) >= 11 is 0. The van der Waals surface area contributed by atoms with Crippen LogP contribution < -0.4 is 9.62 Å². The number of rotatable bonds is 10. The summed E-state index contributed by atoms with van der Waals surface area (Å²) in [6.45, 7) is 5.17. The summed E-state index contributed by atoms with van der Waals surface area (Å²) in [5.74, 6) is -0.765. The van der Waals surface area contributed by atoms with Crippen molar-refractivity contribution in [1.29, 1.82) is 0 Å². The first-order valence-corrected chi connectivity index (χ1v) is 12.2. The molecule has 0 aromatic heterocycles. The second-order valence-electron chi connectivity index (χ2n) is 8.20. The highest BCUT2D eigenvalue weighted by Crippen LogP contribution is 2.25. The van der Waals surface area contributed by atoms with Gasteiger partial charge in [0.2, 0.25) is 11.8 Å². The van der Waals surface area contributed by atoms with Gasteiger partial charge in [-0.15, -0.1) is 0 Å². The van der Waals surface area contributed by atoms with Crippen molar-refractivity contribution >= 4 is 27.7 Å². The third-order valence-electron chi connectivity index (χ3n) is 5.55. The topological polar surface area (TPSA) is 90.0 Å². The molecule has 0 aliphatic carbocycles. The second kappa shape index (κ2) is 11.3. The summed E-state index contributed by atoms with van der Waals surface area (Å²) in [4.78, 5) is 27.3. The van der Waals surface area contributed by atoms with Gasteiger partial charge in [-0.25, -0.2) is 4.31 Å². The predicted molar refractivity (Wildman–Crippen MR) is 131 cm³/mol. The van der Waals surface area contributed by atoms with Crippen molar-refractivity contribution in [3.05, 3.63) is 65.2 Å². The zero-order chi connectivity index (χ0) is 24.8. The molecule has 0 aliphatic heterocycles. The van der Waals surface area contributed by atoms with Gasteiger partial charge >= 0.3 is 10.2 Å². The maximum atomic E-state index is 13.5. The van der Waals surface area contributed by atoms with E-state index >= 15 is 0 Å². The largest absolute Gasteiger partial charge is 0.357 e. The van der Waals surface area contributed by atoms with Gasteiger partial charge in [-0.3, -0.25) is 9.59 Å². The molecule has 2 rings (SSSR count). The number of likely N-dealkylation sites (N-methyl/N-ethyl adjacent to an activating group) is 1. The average molecular weight is 475 g/mol. The van der Waals surface area contributed by atoms with Gasteiger partial charge in [-0.1, -0.05) is 42.5 Å². The first kappa shape index (κ1) is 26.3. The van der Waals surface area contributed by atoms with Crippen LogP contribution in [0.15, 0.2) is 48.5 Å². The first-order chi connectivity index (χ1) is 15.5. The smallest absolute Gasteiger partial charge is 0.304 e. The molecule has 1 atom stereocenters. The van der Waals surface area contributed by atoms with Gasteiger partial charge in [0.1, 0.15) is 12.6 Å². The highest BCUT2D eigenvalue weighted by molar-refractivity contribution is 7.90. The molecule has 0 spiro atoms. The van der Waals surface area contributed by atoms with Gasteiger partial charge in [-0.05, 0) is 49.9 Å². The monoisotopic (exact) mass is 474 g/mol. The van der Waals surface area contributed by atoms with Crippen LogP contribution in [0.2, 0.25) is 0 Å². The van der Waals surface area contributed by atoms with Crippen molar-refractivity contribution in [2.75, 3.05) is 38.5 Å². The molecule has 0 heterocycles. The molecule has 0 bridgehead atoms. The molecule has 0 saturated heterocycles. The molecule has 2 aromatic rings. The fraction of sp³-hybridized carbons (Fsp3) is 0.417. The van der Waals surface area contributed by atoms with E-state index in [1.165, 1.54) is 26.0 Å². The summed E-state index contributed by atoms with van der Waals surface area (Å²) in [5, 5.41) is 2.58. The Bertz CT molecular complexity index is 1070. The van der Waals surface area contributed by atoms with Crippen molar-refractivity contribution in [1.82, 2.24) is 14.5 Å². The van der Waals surface area contributed by atoms with Crippen LogP contribution in [0.4, 0.5) is 5.69 Å². The van der Waals surface area contributed by atoms with Crippen LogP contribution in [0, 0.1) is 13.8 Å². The van der Waals surface area contributed by atoms with Crippen molar-refractivity contribution in [2.24, 2.45) is 0 Å². The Labute approximate surface area is 197 Å². The molecule has 33 heavy (non-hydrogen) atoms. The lowest BCUT2D eigenvalue weighted by atomic mass is 10.1. The molecule has 0 fully saturated rings. The van der Waals surface area contributed by atoms with E-state index in [1.54, 1.807) is 19.9 Å². The fourth-order valence-corrected chi connectivity index (χ4v) is 4.58. The van der Waals surface area contributed by atoms with E-state index in [2.05, 4.69) is 5.32 Å². The lowest BCUT2D eigenvalue weighted by Gasteiger charge is -2.33. The van der Waals surface area contributed by atoms with Crippen LogP contribution in [0.1, 0.15) is 23.6 Å². The zero-order valence-electron chi connectivity index (χ0n) is 20.2. The number of carbonyl (C=O) groups is 2. The number of nitrogens with one attached hydrogen (secondary N) is 1. The van der Waals surface area contributed by atoms with E-state index in [-0.39, 0.29) is 12.5 Å². The molecule has 180 valence electrons. The molecule has 8 nitrogen and oxygen atoms in total. The lowest BCUT2D eigenvalue weighted by Crippen LogP contribution is -2.53. The average Bonchev–Trinajstić information content (AvgIpc) is 2.79. The Hall–Kier alpha value is -2.91. The fourth-order valence-electron chi connectivity index (χ4n) is 3.47. The number of aryl methyl sites for hydroxylation is 2. The SMILES string of the molecule is CNC(=O)C(C)N(CCc1ccccc1)C(=O)CN(c1cc(C)ccc1C)S(=O)(=O)N(C)C. The van der Waals surface area contributed by atoms with Gasteiger partial charge in [0.25, 0.3) is 0 Å². The summed E-state index contributed by atoms with van der Waals surface area (Å²) in [6.07, 6.45) is 0.540. The first-order valence-electron chi connectivity index (χ1n) is 10.8. The molecule has 9 heteroatoms. The van der Waals surface area contributed by atoms with Gasteiger partial charge in [0.15, 0.2) is 0 Å². The minimum absolute atomic E-state index is 0.278. The van der Waals surface area contributed by atoms with Crippen LogP contribution in [0.25, 0.3) is 0 Å². The zero-order valence-corrected chi connectivity index (χ0v) is 21.0. The Morgan fingerprint density at radius 3 is 2.24 bits per heavy atom. The number of nitrogens with zero attached hydrogens (tertiary/aromatic N) is 3. The van der Waals surface area contributed by atoms with Crippen molar-refractivity contribution in [2.45, 2.75) is 33.2 Å². The van der Waals surface area contributed by atoms with Crippen LogP contribution in [0.5, 0.6) is 0 Å². The summed E-state index contributed by atoms with van der Waals surface area (Å²) in [6, 6.07) is 14.3. The quantitative estimate of drug-likeness (QED) is 0.571. The molecule has 2 aromatic carbocycles. The third kappa shape index (κ3) is 6.55. The van der Waals surface area contributed by atoms with E-state index in [4.69, 9.17) is 0 Å². The Morgan fingerprint density at radius 2 is 1.67 bits per heavy atom. The Kier molecular flexibility index (Phi) is 9.01. The lowest BCUT2D eigenvalue weighted by molar-refractivity contribution is -0.138. The molecule has 1 N–H and O–H groups in total. The molecule has 0 saturated carbocycles. The van der Waals surface area contributed by atoms with Crippen LogP contribution in [0.3, 0.4) is 0 Å². The third-order valence-corrected chi connectivity index (χ3v) is 7.36. The van der Waals surface area contributed by atoms with E-state index in [1.807, 2.05) is 49.4 Å². The molecular formula is C24H34N4O4S. The Balaban J connectivity index is 2.42. The van der Waals surface area contributed by atoms with E-state index in [9.17, 15) is 18.0 Å². The second-order valence-corrected chi connectivity index (χ2v) is 10.3. The van der Waals surface area contributed by atoms with Gasteiger partial charge in [0.05, 0.1) is 5.69 Å². The van der Waals surface area contributed by atoms with Crippen LogP contribution >= 0.6 is 0 Å². The standard InChI is InChI=1S/C24H34N4O4S/c1-18-12-13-19(2)22(16-18)28(33(31,32)26(5)6)17-23(29)27(20(3)24(30)25-4)15-14-21-10-8-7-9-11-21/h7-13,16,20H,14-15,17H2,1-6H3,(H,25,30). The van der Waals surface area contributed by atoms with Crippen molar-refractivity contribution in [3.63, 3.8) is 0 Å². The van der Waals surface area contributed by atoms with E-state index in [0.717, 1.165) is 25.3 Å². The number of carbonyl (C=O) groups excluding carboxylic acids is 2. The number of hydrogen-bond acceptors (Lipinski definition) is 4. The van der Waals surface area contributed by atoms with Gasteiger partial charge in [0, 0.05) is 27.7 Å². The Morgan fingerprint density at radius 1 is 1.03 bits per heavy atom. The van der Waals surface area contributed by atoms with Crippen LogP contribution in [-0.4, -0.2) is 69.7 Å². The molecule has 2 amide bonds. The summed E-state index contributed by atoms with van der Waals surface area (Å²) in [7, 11) is 0.409. The number of benzene rings is 2. The molecular weight excluding hydrogens is 440 g/mol. The van der Waals surface area contributed by atoms with Crippen LogP contribution in [-0.2, 0) is 26.2 Å². The van der Waals surface area contributed by atoms with Gasteiger partial charge in [-0.2, -0.15) is 12.7 Å². The predicted octanol–water partition coefficient (Wildman–Crippen LogP) is 2.12. The van der Waals surface area contributed by atoms with E-state index < -0.39 is 28.7 Å². The van der Waals surface area contributed by atoms with E-state index in [0.29, 0.717) is 12.1 Å². The van der Waals surface area contributed by atoms with Gasteiger partial charge < -0.3 is 10.2 Å². The number of amides is 2. The molecule has 0 radical (unpaired) electrons. The van der Waals surface area contributed by atoms with Crippen molar-refractivity contribution in [3.8, 4) is 0 Å². The molecule has 1 unspecified atom stereocenters. The number of hydrogen-bond donors (Lipinski definition) is 1. The maximum absolute atomic E-state index is 13.5. The van der Waals surface area contributed by atoms with Crippen molar-refractivity contribution < 1.29 is 18.0 Å². The number of anilines is 1. The minimum Gasteiger partial charge on any atom is -0.357 e. The summed E-state index contributed by atoms with van der Waals surface area (Å²) in [5.41, 5.74) is 3.06. The maximum Gasteiger partial charge on any atom is 0.304 e.